The third-order valence-corrected chi connectivity index (χ3v) is 5.84. The molecule has 31 heavy (non-hydrogen) atoms. The minimum atomic E-state index is -0.436. The molecule has 1 aliphatic rings. The largest absolute Gasteiger partial charge is 0.325 e. The molecule has 3 atom stereocenters. The van der Waals surface area contributed by atoms with Crippen molar-refractivity contribution in [1.82, 2.24) is 15.1 Å². The van der Waals surface area contributed by atoms with Crippen LogP contribution < -0.4 is 10.6 Å². The molecule has 0 spiro atoms. The van der Waals surface area contributed by atoms with Crippen LogP contribution in [0.15, 0.2) is 60.8 Å². The lowest BCUT2D eigenvalue weighted by atomic mass is 9.90. The van der Waals surface area contributed by atoms with Gasteiger partial charge in [0, 0.05) is 28.9 Å². The van der Waals surface area contributed by atoms with Gasteiger partial charge in [-0.15, -0.1) is 0 Å². The summed E-state index contributed by atoms with van der Waals surface area (Å²) >= 11 is 6.08. The van der Waals surface area contributed by atoms with Crippen molar-refractivity contribution >= 4 is 23.2 Å². The van der Waals surface area contributed by atoms with E-state index in [0.717, 1.165) is 11.3 Å². The van der Waals surface area contributed by atoms with Crippen LogP contribution in [0, 0.1) is 5.82 Å². The summed E-state index contributed by atoms with van der Waals surface area (Å²) in [6.07, 6.45) is 2.56. The highest BCUT2D eigenvalue weighted by molar-refractivity contribution is 6.30. The first-order chi connectivity index (χ1) is 14.7. The molecule has 4 rings (SSSR count). The molecule has 3 aromatic rings. The molecule has 0 aliphatic carbocycles. The highest BCUT2D eigenvalue weighted by atomic mass is 35.5. The number of hydrogen-bond donors (Lipinski definition) is 2. The molecule has 1 fully saturated rings. The van der Waals surface area contributed by atoms with E-state index in [1.54, 1.807) is 12.1 Å². The normalized spacial score (nSPS) is 21.3. The number of carbonyl (C=O) groups is 1. The van der Waals surface area contributed by atoms with Crippen molar-refractivity contribution in [2.75, 3.05) is 5.32 Å². The van der Waals surface area contributed by atoms with Gasteiger partial charge in [-0.3, -0.25) is 14.8 Å². The summed E-state index contributed by atoms with van der Waals surface area (Å²) in [6.45, 7) is 6.30. The molecule has 1 saturated heterocycles. The molecule has 1 aromatic heterocycles. The zero-order chi connectivity index (χ0) is 22.2. The van der Waals surface area contributed by atoms with Gasteiger partial charge in [0.15, 0.2) is 0 Å². The van der Waals surface area contributed by atoms with E-state index in [9.17, 15) is 9.18 Å². The summed E-state index contributed by atoms with van der Waals surface area (Å²) in [4.78, 5) is 13.0. The van der Waals surface area contributed by atoms with Crippen LogP contribution >= 0.6 is 11.6 Å². The van der Waals surface area contributed by atoms with E-state index in [1.807, 2.05) is 41.2 Å². The van der Waals surface area contributed by atoms with Crippen LogP contribution in [0.3, 0.4) is 0 Å². The topological polar surface area (TPSA) is 59.0 Å². The maximum atomic E-state index is 13.5. The van der Waals surface area contributed by atoms with E-state index in [1.165, 1.54) is 12.1 Å². The summed E-state index contributed by atoms with van der Waals surface area (Å²) in [6, 6.07) is 15.0. The van der Waals surface area contributed by atoms with Gasteiger partial charge in [-0.05, 0) is 69.2 Å². The monoisotopic (exact) mass is 440 g/mol. The van der Waals surface area contributed by atoms with Gasteiger partial charge in [-0.25, -0.2) is 4.39 Å². The number of benzene rings is 2. The van der Waals surface area contributed by atoms with Crippen LogP contribution in [0.1, 0.15) is 50.4 Å². The summed E-state index contributed by atoms with van der Waals surface area (Å²) < 4.78 is 15.5. The van der Waals surface area contributed by atoms with Gasteiger partial charge >= 0.3 is 0 Å². The zero-order valence-electron chi connectivity index (χ0n) is 17.8. The summed E-state index contributed by atoms with van der Waals surface area (Å²) in [5.41, 5.74) is 2.29. The van der Waals surface area contributed by atoms with Gasteiger partial charge < -0.3 is 5.32 Å². The van der Waals surface area contributed by atoms with Crippen LogP contribution in [-0.2, 0) is 10.3 Å². The maximum Gasteiger partial charge on any atom is 0.241 e. The Morgan fingerprint density at radius 3 is 2.58 bits per heavy atom. The number of amides is 1. The Morgan fingerprint density at radius 1 is 1.19 bits per heavy atom. The fraction of sp³-hybridized carbons (Fsp3) is 0.333. The van der Waals surface area contributed by atoms with Crippen LogP contribution in [0.2, 0.25) is 5.02 Å². The minimum Gasteiger partial charge on any atom is -0.325 e. The second kappa shape index (κ2) is 8.44. The minimum absolute atomic E-state index is 0.00744. The lowest BCUT2D eigenvalue weighted by Gasteiger charge is -2.21. The third-order valence-electron chi connectivity index (χ3n) is 5.59. The number of rotatable bonds is 4. The summed E-state index contributed by atoms with van der Waals surface area (Å²) in [5.74, 6) is -0.572. The molecule has 1 amide bonds. The predicted molar refractivity (Wildman–Crippen MR) is 121 cm³/mol. The number of aromatic nitrogens is 2. The highest BCUT2D eigenvalue weighted by Gasteiger charge is 2.40. The van der Waals surface area contributed by atoms with Gasteiger partial charge in [-0.1, -0.05) is 29.8 Å². The molecule has 162 valence electrons. The molecule has 2 N–H and O–H groups in total. The summed E-state index contributed by atoms with van der Waals surface area (Å²) in [5, 5.41) is 11.8. The number of hydrogen-bond acceptors (Lipinski definition) is 3. The molecule has 2 aromatic carbocycles. The van der Waals surface area contributed by atoms with Crippen molar-refractivity contribution in [1.29, 1.82) is 0 Å². The second-order valence-electron chi connectivity index (χ2n) is 8.95. The maximum absolute atomic E-state index is 13.5. The van der Waals surface area contributed by atoms with Crippen molar-refractivity contribution in [2.45, 2.75) is 50.7 Å². The van der Waals surface area contributed by atoms with E-state index in [0.29, 0.717) is 17.1 Å². The Hall–Kier alpha value is -2.70. The first-order valence-corrected chi connectivity index (χ1v) is 10.7. The van der Waals surface area contributed by atoms with E-state index in [-0.39, 0.29) is 29.2 Å². The molecular formula is C24H26ClFN4O. The number of anilines is 1. The quantitative estimate of drug-likeness (QED) is 0.582. The first-order valence-electron chi connectivity index (χ1n) is 10.3. The smallest absolute Gasteiger partial charge is 0.241 e. The van der Waals surface area contributed by atoms with Crippen molar-refractivity contribution in [3.05, 3.63) is 82.9 Å². The summed E-state index contributed by atoms with van der Waals surface area (Å²) in [7, 11) is 0. The van der Waals surface area contributed by atoms with Gasteiger partial charge in [0.25, 0.3) is 0 Å². The Morgan fingerprint density at radius 2 is 1.94 bits per heavy atom. The molecule has 0 radical (unpaired) electrons. The third kappa shape index (κ3) is 4.81. The van der Waals surface area contributed by atoms with E-state index < -0.39 is 6.04 Å². The average Bonchev–Trinajstić information content (AvgIpc) is 3.36. The molecule has 0 saturated carbocycles. The Kier molecular flexibility index (Phi) is 5.86. The van der Waals surface area contributed by atoms with E-state index >= 15 is 0 Å². The fourth-order valence-corrected chi connectivity index (χ4v) is 4.09. The second-order valence-corrected chi connectivity index (χ2v) is 9.38. The number of nitrogens with zero attached hydrogens (tertiary/aromatic N) is 2. The number of nitrogens with one attached hydrogen (secondary N) is 2. The lowest BCUT2D eigenvalue weighted by molar-refractivity contribution is -0.117. The van der Waals surface area contributed by atoms with Crippen molar-refractivity contribution in [3.63, 3.8) is 0 Å². The SMILES string of the molecule is CC(C)(C)n1ccc([C@H]2C[C@@H](C(=O)Nc3cccc(F)c3)N[C@H]2c2ccc(Cl)cc2)n1. The van der Waals surface area contributed by atoms with Gasteiger partial charge in [0.05, 0.1) is 17.3 Å². The van der Waals surface area contributed by atoms with Gasteiger partial charge in [0.2, 0.25) is 5.91 Å². The van der Waals surface area contributed by atoms with Crippen molar-refractivity contribution in [2.24, 2.45) is 0 Å². The molecule has 7 heteroatoms. The Labute approximate surface area is 186 Å². The molecular weight excluding hydrogens is 415 g/mol. The predicted octanol–water partition coefficient (Wildman–Crippen LogP) is 5.26. The Balaban J connectivity index is 1.60. The average molecular weight is 441 g/mol. The highest BCUT2D eigenvalue weighted by Crippen LogP contribution is 2.40. The lowest BCUT2D eigenvalue weighted by Crippen LogP contribution is -2.36. The molecule has 0 bridgehead atoms. The van der Waals surface area contributed by atoms with Crippen molar-refractivity contribution in [3.8, 4) is 0 Å². The van der Waals surface area contributed by atoms with Crippen LogP contribution in [-0.4, -0.2) is 21.7 Å². The van der Waals surface area contributed by atoms with E-state index in [4.69, 9.17) is 16.7 Å². The van der Waals surface area contributed by atoms with Crippen LogP contribution in [0.5, 0.6) is 0 Å². The van der Waals surface area contributed by atoms with Crippen molar-refractivity contribution < 1.29 is 9.18 Å². The van der Waals surface area contributed by atoms with Gasteiger partial charge in [0.1, 0.15) is 5.82 Å². The first kappa shape index (κ1) is 21.5. The van der Waals surface area contributed by atoms with Gasteiger partial charge in [-0.2, -0.15) is 5.10 Å². The molecule has 2 heterocycles. The van der Waals surface area contributed by atoms with Crippen LogP contribution in [0.25, 0.3) is 0 Å². The van der Waals surface area contributed by atoms with Crippen LogP contribution in [0.4, 0.5) is 10.1 Å². The molecule has 5 nitrogen and oxygen atoms in total. The molecule has 0 unspecified atom stereocenters. The fourth-order valence-electron chi connectivity index (χ4n) is 3.97. The van der Waals surface area contributed by atoms with E-state index in [2.05, 4.69) is 31.4 Å². The number of carbonyl (C=O) groups excluding carboxylic acids is 1. The Bertz CT molecular complexity index is 1070. The zero-order valence-corrected chi connectivity index (χ0v) is 18.5. The molecule has 1 aliphatic heterocycles. The number of halogens is 2. The standard InChI is InChI=1S/C24H26ClFN4O/c1-24(2,3)30-12-11-20(29-30)19-14-21(23(31)27-18-6-4-5-17(26)13-18)28-22(19)15-7-9-16(25)10-8-15/h4-13,19,21-22,28H,14H2,1-3H3,(H,27,31)/t19-,21+,22+/m1/s1.